The number of esters is 2. The van der Waals surface area contributed by atoms with Gasteiger partial charge in [0.05, 0.1) is 27.7 Å². The van der Waals surface area contributed by atoms with E-state index in [4.69, 9.17) is 18.5 Å². The number of nitrogens with zero attached hydrogens (tertiary/aromatic N) is 1. The van der Waals surface area contributed by atoms with Crippen LogP contribution in [0.4, 0.5) is 0 Å². The van der Waals surface area contributed by atoms with E-state index in [-0.39, 0.29) is 32.0 Å². The molecule has 0 bridgehead atoms. The number of hydrogen-bond donors (Lipinski definition) is 1. The highest BCUT2D eigenvalue weighted by Crippen LogP contribution is 2.43. The maximum absolute atomic E-state index is 12.8. The van der Waals surface area contributed by atoms with Gasteiger partial charge in [-0.05, 0) is 103 Å². The van der Waals surface area contributed by atoms with Gasteiger partial charge in [-0.25, -0.2) is 4.57 Å². The molecule has 0 aromatic rings. The molecule has 0 radical (unpaired) electrons. The number of hydrogen-bond acceptors (Lipinski definition) is 7. The van der Waals surface area contributed by atoms with Crippen molar-refractivity contribution in [3.05, 3.63) is 122 Å². The van der Waals surface area contributed by atoms with Gasteiger partial charge in [0.15, 0.2) is 6.10 Å². The van der Waals surface area contributed by atoms with Crippen molar-refractivity contribution in [3.63, 3.8) is 0 Å². The van der Waals surface area contributed by atoms with Crippen LogP contribution in [0.15, 0.2) is 122 Å². The molecular formula is C70H121NO8P+. The summed E-state index contributed by atoms with van der Waals surface area (Å²) in [5.41, 5.74) is 0. The molecule has 458 valence electrons. The summed E-state index contributed by atoms with van der Waals surface area (Å²) in [6, 6.07) is 0. The van der Waals surface area contributed by atoms with E-state index in [0.29, 0.717) is 17.4 Å². The molecule has 0 aliphatic heterocycles. The van der Waals surface area contributed by atoms with Gasteiger partial charge in [0, 0.05) is 12.8 Å². The molecule has 0 saturated heterocycles. The molecule has 0 saturated carbocycles. The van der Waals surface area contributed by atoms with E-state index in [1.165, 1.54) is 128 Å². The van der Waals surface area contributed by atoms with Gasteiger partial charge in [-0.2, -0.15) is 0 Å². The van der Waals surface area contributed by atoms with E-state index < -0.39 is 26.5 Å². The topological polar surface area (TPSA) is 108 Å². The van der Waals surface area contributed by atoms with E-state index >= 15 is 0 Å². The number of phosphoric acid groups is 1. The Morgan fingerprint density at radius 1 is 0.388 bits per heavy atom. The normalized spacial score (nSPS) is 14.0. The van der Waals surface area contributed by atoms with Crippen LogP contribution in [0.25, 0.3) is 0 Å². The molecule has 0 fully saturated rings. The zero-order valence-corrected chi connectivity index (χ0v) is 52.9. The van der Waals surface area contributed by atoms with Crippen molar-refractivity contribution in [2.75, 3.05) is 47.5 Å². The van der Waals surface area contributed by atoms with Crippen LogP contribution in [0.5, 0.6) is 0 Å². The third-order valence-corrected chi connectivity index (χ3v) is 14.5. The van der Waals surface area contributed by atoms with Crippen molar-refractivity contribution >= 4 is 19.8 Å². The van der Waals surface area contributed by atoms with Crippen LogP contribution in [-0.4, -0.2) is 74.9 Å². The summed E-state index contributed by atoms with van der Waals surface area (Å²) in [4.78, 5) is 35.7. The fourth-order valence-electron chi connectivity index (χ4n) is 8.60. The minimum absolute atomic E-state index is 0.0184. The van der Waals surface area contributed by atoms with Gasteiger partial charge in [0.2, 0.25) is 0 Å². The number of unbranched alkanes of at least 4 members (excludes halogenated alkanes) is 24. The lowest BCUT2D eigenvalue weighted by Gasteiger charge is -2.24. The number of rotatable bonds is 58. The van der Waals surface area contributed by atoms with Crippen LogP contribution >= 0.6 is 7.82 Å². The highest BCUT2D eigenvalue weighted by atomic mass is 31.2. The Bertz CT molecular complexity index is 1760. The average molecular weight is 1140 g/mol. The average Bonchev–Trinajstić information content (AvgIpc) is 3.42. The second-order valence-corrected chi connectivity index (χ2v) is 23.8. The molecule has 1 N–H and O–H groups in total. The summed E-state index contributed by atoms with van der Waals surface area (Å²) in [5, 5.41) is 0. The standard InChI is InChI=1S/C70H120NO8P/c1-6-8-10-12-14-16-18-20-22-24-26-28-29-30-31-32-33-34-35-36-37-38-39-40-41-43-44-46-48-50-52-54-56-58-60-62-69(72)76-66-68(67-78-80(74,75)77-65-64-71(3,4)5)79-70(73)63-61-59-57-55-53-51-49-47-45-42-27-25-23-21-19-17-15-13-11-9-7-2/h8-11,14-17,20-23,26-28,42,47,49,53,55,68H,6-7,12-13,18-19,24-25,29-41,43-46,48,50-52,54,56-67H2,1-5H3/p+1/b10-8-,11-9-,16-14-,17-15-,22-20-,23-21-,28-26-,42-27-,49-47-,55-53-. The molecule has 0 heterocycles. The lowest BCUT2D eigenvalue weighted by atomic mass is 10.0. The second kappa shape index (κ2) is 60.0. The molecule has 0 spiro atoms. The summed E-state index contributed by atoms with van der Waals surface area (Å²) in [5.74, 6) is -0.848. The number of phosphoric ester groups is 1. The molecule has 0 aliphatic rings. The van der Waals surface area contributed by atoms with Gasteiger partial charge in [0.1, 0.15) is 19.8 Å². The van der Waals surface area contributed by atoms with E-state index in [1.54, 1.807) is 0 Å². The Hall–Kier alpha value is -3.59. The smallest absolute Gasteiger partial charge is 0.462 e. The third kappa shape index (κ3) is 63.6. The Labute approximate surface area is 492 Å². The first-order chi connectivity index (χ1) is 39.0. The number of allylic oxidation sites excluding steroid dienone is 20. The van der Waals surface area contributed by atoms with Crippen molar-refractivity contribution < 1.29 is 42.1 Å². The zero-order chi connectivity index (χ0) is 58.4. The number of carbonyl (C=O) groups excluding carboxylic acids is 2. The lowest BCUT2D eigenvalue weighted by Crippen LogP contribution is -2.37. The highest BCUT2D eigenvalue weighted by Gasteiger charge is 2.27. The van der Waals surface area contributed by atoms with Gasteiger partial charge in [-0.15, -0.1) is 0 Å². The predicted octanol–water partition coefficient (Wildman–Crippen LogP) is 20.7. The molecule has 0 amide bonds. The summed E-state index contributed by atoms with van der Waals surface area (Å²) in [6.45, 7) is 4.16. The molecule has 0 aliphatic carbocycles. The highest BCUT2D eigenvalue weighted by molar-refractivity contribution is 7.47. The fraction of sp³-hybridized carbons (Fsp3) is 0.686. The second-order valence-electron chi connectivity index (χ2n) is 22.4. The molecule has 10 heteroatoms. The first-order valence-electron chi connectivity index (χ1n) is 32.3. The monoisotopic (exact) mass is 1130 g/mol. The molecule has 0 aromatic heterocycles. The summed E-state index contributed by atoms with van der Waals surface area (Å²) < 4.78 is 34.6. The van der Waals surface area contributed by atoms with Crippen molar-refractivity contribution in [1.82, 2.24) is 0 Å². The van der Waals surface area contributed by atoms with E-state index in [0.717, 1.165) is 96.3 Å². The van der Waals surface area contributed by atoms with Crippen LogP contribution in [-0.2, 0) is 32.7 Å². The summed E-state index contributed by atoms with van der Waals surface area (Å²) in [7, 11) is 1.44. The maximum atomic E-state index is 12.8. The minimum atomic E-state index is -4.41. The predicted molar refractivity (Wildman–Crippen MR) is 344 cm³/mol. The van der Waals surface area contributed by atoms with Gasteiger partial charge in [-0.1, -0.05) is 264 Å². The first kappa shape index (κ1) is 76.4. The van der Waals surface area contributed by atoms with Crippen molar-refractivity contribution in [3.8, 4) is 0 Å². The Kier molecular flexibility index (Phi) is 57.3. The quantitative estimate of drug-likeness (QED) is 0.0211. The van der Waals surface area contributed by atoms with Crippen LogP contribution in [0.1, 0.15) is 258 Å². The maximum Gasteiger partial charge on any atom is 0.472 e. The Morgan fingerprint density at radius 2 is 0.675 bits per heavy atom. The molecular weight excluding hydrogens is 1010 g/mol. The molecule has 2 atom stereocenters. The Morgan fingerprint density at radius 3 is 1.02 bits per heavy atom. The van der Waals surface area contributed by atoms with Crippen LogP contribution in [0.2, 0.25) is 0 Å². The number of quaternary nitrogens is 1. The van der Waals surface area contributed by atoms with Crippen molar-refractivity contribution in [2.24, 2.45) is 0 Å². The molecule has 0 aromatic carbocycles. The molecule has 2 unspecified atom stereocenters. The van der Waals surface area contributed by atoms with Gasteiger partial charge < -0.3 is 18.9 Å². The van der Waals surface area contributed by atoms with Crippen molar-refractivity contribution in [2.45, 2.75) is 264 Å². The van der Waals surface area contributed by atoms with Gasteiger partial charge in [0.25, 0.3) is 0 Å². The van der Waals surface area contributed by atoms with Gasteiger partial charge in [-0.3, -0.25) is 18.6 Å². The third-order valence-electron chi connectivity index (χ3n) is 13.5. The molecule has 80 heavy (non-hydrogen) atoms. The molecule has 0 rings (SSSR count). The van der Waals surface area contributed by atoms with Crippen molar-refractivity contribution in [1.29, 1.82) is 0 Å². The number of carbonyl (C=O) groups is 2. The van der Waals surface area contributed by atoms with Gasteiger partial charge >= 0.3 is 19.8 Å². The minimum Gasteiger partial charge on any atom is -0.462 e. The van der Waals surface area contributed by atoms with Crippen LogP contribution < -0.4 is 0 Å². The van der Waals surface area contributed by atoms with E-state index in [9.17, 15) is 19.0 Å². The van der Waals surface area contributed by atoms with Crippen LogP contribution in [0.3, 0.4) is 0 Å². The summed E-state index contributed by atoms with van der Waals surface area (Å²) >= 11 is 0. The number of ether oxygens (including phenoxy) is 2. The molecule has 9 nitrogen and oxygen atoms in total. The first-order valence-corrected chi connectivity index (χ1v) is 33.8. The van der Waals surface area contributed by atoms with E-state index in [2.05, 4.69) is 135 Å². The van der Waals surface area contributed by atoms with Crippen LogP contribution in [0, 0.1) is 0 Å². The van der Waals surface area contributed by atoms with E-state index in [1.807, 2.05) is 21.1 Å². The largest absolute Gasteiger partial charge is 0.472 e. The summed E-state index contributed by atoms with van der Waals surface area (Å²) in [6.07, 6.45) is 85.9. The lowest BCUT2D eigenvalue weighted by molar-refractivity contribution is -0.870. The zero-order valence-electron chi connectivity index (χ0n) is 52.0. The fourth-order valence-corrected chi connectivity index (χ4v) is 9.34. The SMILES string of the molecule is CC/C=C\C/C=C\C/C=C\C/C=C\C/C=C\C/C=C\CCCCC(=O)OC(COC(=O)CCCCCCCCCCCCCCCCCCCCCCCC/C=C\C/C=C\C/C=C\C/C=C\CC)COP(=O)(O)OCC[N+](C)(C)C. The number of likely N-dealkylation sites (N-methyl/N-ethyl adjacent to an activating group) is 1. The Balaban J connectivity index is 4.07.